The van der Waals surface area contributed by atoms with Gasteiger partial charge in [-0.05, 0) is 30.0 Å². The fraction of sp³-hybridized carbons (Fsp3) is 0.462. The van der Waals surface area contributed by atoms with Crippen molar-refractivity contribution in [3.63, 3.8) is 0 Å². The van der Waals surface area contributed by atoms with Crippen molar-refractivity contribution >= 4 is 17.5 Å². The van der Waals surface area contributed by atoms with E-state index in [0.717, 1.165) is 6.42 Å². The quantitative estimate of drug-likeness (QED) is 0.871. The van der Waals surface area contributed by atoms with Crippen LogP contribution in [0, 0.1) is 5.41 Å². The van der Waals surface area contributed by atoms with E-state index in [2.05, 4.69) is 26.1 Å². The van der Waals surface area contributed by atoms with E-state index >= 15 is 0 Å². The minimum atomic E-state index is -0.170. The molecule has 0 bridgehead atoms. The lowest BCUT2D eigenvalue weighted by molar-refractivity contribution is 0.0949. The van der Waals surface area contributed by atoms with E-state index in [9.17, 15) is 9.90 Å². The van der Waals surface area contributed by atoms with Gasteiger partial charge in [-0.3, -0.25) is 4.79 Å². The van der Waals surface area contributed by atoms with Gasteiger partial charge >= 0.3 is 0 Å². The molecule has 0 unspecified atom stereocenters. The van der Waals surface area contributed by atoms with Crippen LogP contribution in [0.3, 0.4) is 0 Å². The number of amides is 1. The Morgan fingerprint density at radius 3 is 2.59 bits per heavy atom. The van der Waals surface area contributed by atoms with Crippen molar-refractivity contribution in [1.29, 1.82) is 0 Å². The Balaban J connectivity index is 2.56. The number of benzene rings is 1. The van der Waals surface area contributed by atoms with Gasteiger partial charge in [-0.1, -0.05) is 32.4 Å². The highest BCUT2D eigenvalue weighted by molar-refractivity contribution is 6.32. The lowest BCUT2D eigenvalue weighted by Crippen LogP contribution is -2.27. The van der Waals surface area contributed by atoms with Gasteiger partial charge in [-0.2, -0.15) is 0 Å². The highest BCUT2D eigenvalue weighted by Gasteiger charge is 2.12. The number of halogens is 1. The smallest absolute Gasteiger partial charge is 0.251 e. The van der Waals surface area contributed by atoms with E-state index in [1.807, 2.05) is 0 Å². The van der Waals surface area contributed by atoms with Gasteiger partial charge < -0.3 is 10.4 Å². The monoisotopic (exact) mass is 255 g/mol. The van der Waals surface area contributed by atoms with Crippen LogP contribution < -0.4 is 5.32 Å². The van der Waals surface area contributed by atoms with E-state index in [4.69, 9.17) is 11.6 Å². The third kappa shape index (κ3) is 4.65. The third-order valence-corrected chi connectivity index (χ3v) is 2.67. The maximum atomic E-state index is 11.7. The second-order valence-corrected chi connectivity index (χ2v) is 5.64. The highest BCUT2D eigenvalue weighted by Crippen LogP contribution is 2.23. The van der Waals surface area contributed by atoms with Crippen LogP contribution in [0.25, 0.3) is 0 Å². The summed E-state index contributed by atoms with van der Waals surface area (Å²) >= 11 is 5.73. The number of nitrogens with one attached hydrogen (secondary N) is 1. The average molecular weight is 256 g/mol. The zero-order valence-electron chi connectivity index (χ0n) is 10.4. The number of hydrogen-bond acceptors (Lipinski definition) is 2. The Bertz CT molecular complexity index is 410. The maximum Gasteiger partial charge on any atom is 0.251 e. The molecule has 1 amide bonds. The largest absolute Gasteiger partial charge is 0.506 e. The molecule has 0 saturated heterocycles. The number of phenols is 1. The molecule has 1 aromatic rings. The molecule has 0 radical (unpaired) electrons. The van der Waals surface area contributed by atoms with E-state index in [0.29, 0.717) is 12.1 Å². The summed E-state index contributed by atoms with van der Waals surface area (Å²) in [5.74, 6) is -0.186. The Labute approximate surface area is 107 Å². The lowest BCUT2D eigenvalue weighted by atomic mass is 9.92. The molecule has 0 aliphatic carbocycles. The summed E-state index contributed by atoms with van der Waals surface area (Å²) in [5, 5.41) is 12.3. The lowest BCUT2D eigenvalue weighted by Gasteiger charge is -2.18. The van der Waals surface area contributed by atoms with Crippen molar-refractivity contribution in [1.82, 2.24) is 5.32 Å². The van der Waals surface area contributed by atoms with Gasteiger partial charge in [-0.25, -0.2) is 0 Å². The molecule has 3 nitrogen and oxygen atoms in total. The standard InChI is InChI=1S/C13H18ClNO2/c1-13(2,3)6-7-15-12(17)9-4-5-11(16)10(14)8-9/h4-5,8,16H,6-7H2,1-3H3,(H,15,17). The first-order chi connectivity index (χ1) is 7.79. The minimum Gasteiger partial charge on any atom is -0.506 e. The zero-order chi connectivity index (χ0) is 13.1. The molecular weight excluding hydrogens is 238 g/mol. The molecular formula is C13H18ClNO2. The zero-order valence-corrected chi connectivity index (χ0v) is 11.1. The van der Waals surface area contributed by atoms with Crippen LogP contribution in [0.15, 0.2) is 18.2 Å². The fourth-order valence-electron chi connectivity index (χ4n) is 1.30. The van der Waals surface area contributed by atoms with E-state index in [1.54, 1.807) is 6.07 Å². The number of phenolic OH excluding ortho intramolecular Hbond substituents is 1. The predicted octanol–water partition coefficient (Wildman–Crippen LogP) is 3.21. The van der Waals surface area contributed by atoms with Crippen LogP contribution in [0.1, 0.15) is 37.6 Å². The van der Waals surface area contributed by atoms with Crippen LogP contribution in [-0.4, -0.2) is 17.6 Å². The molecule has 94 valence electrons. The summed E-state index contributed by atoms with van der Waals surface area (Å²) in [7, 11) is 0. The average Bonchev–Trinajstić information content (AvgIpc) is 2.20. The number of hydrogen-bond donors (Lipinski definition) is 2. The molecule has 0 saturated carbocycles. The van der Waals surface area contributed by atoms with Gasteiger partial charge in [0.1, 0.15) is 5.75 Å². The molecule has 2 N–H and O–H groups in total. The van der Waals surface area contributed by atoms with Gasteiger partial charge in [0.2, 0.25) is 0 Å². The predicted molar refractivity (Wildman–Crippen MR) is 69.5 cm³/mol. The summed E-state index contributed by atoms with van der Waals surface area (Å²) in [6.07, 6.45) is 0.907. The molecule has 1 rings (SSSR count). The molecule has 0 fully saturated rings. The highest BCUT2D eigenvalue weighted by atomic mass is 35.5. The van der Waals surface area contributed by atoms with Crippen LogP contribution in [0.5, 0.6) is 5.75 Å². The normalized spacial score (nSPS) is 11.3. The minimum absolute atomic E-state index is 0.0158. The molecule has 0 atom stereocenters. The number of carbonyl (C=O) groups is 1. The summed E-state index contributed by atoms with van der Waals surface area (Å²) < 4.78 is 0. The Morgan fingerprint density at radius 2 is 2.06 bits per heavy atom. The Morgan fingerprint density at radius 1 is 1.41 bits per heavy atom. The first-order valence-electron chi connectivity index (χ1n) is 5.56. The van der Waals surface area contributed by atoms with E-state index in [1.165, 1.54) is 12.1 Å². The summed E-state index contributed by atoms with van der Waals surface area (Å²) in [5.41, 5.74) is 0.654. The van der Waals surface area contributed by atoms with Crippen LogP contribution in [0.2, 0.25) is 5.02 Å². The second kappa shape index (κ2) is 5.41. The molecule has 0 spiro atoms. The van der Waals surface area contributed by atoms with E-state index in [-0.39, 0.29) is 22.1 Å². The van der Waals surface area contributed by atoms with Gasteiger partial charge in [0, 0.05) is 12.1 Å². The van der Waals surface area contributed by atoms with Crippen molar-refractivity contribution in [3.05, 3.63) is 28.8 Å². The molecule has 4 heteroatoms. The van der Waals surface area contributed by atoms with Gasteiger partial charge in [0.25, 0.3) is 5.91 Å². The fourth-order valence-corrected chi connectivity index (χ4v) is 1.48. The third-order valence-electron chi connectivity index (χ3n) is 2.37. The number of carbonyl (C=O) groups excluding carboxylic acids is 1. The van der Waals surface area contributed by atoms with Crippen molar-refractivity contribution < 1.29 is 9.90 Å². The first kappa shape index (κ1) is 13.8. The van der Waals surface area contributed by atoms with Crippen LogP contribution in [-0.2, 0) is 0 Å². The Hall–Kier alpha value is -1.22. The number of rotatable bonds is 3. The topological polar surface area (TPSA) is 49.3 Å². The second-order valence-electron chi connectivity index (χ2n) is 5.23. The van der Waals surface area contributed by atoms with Crippen molar-refractivity contribution in [2.45, 2.75) is 27.2 Å². The molecule has 0 heterocycles. The summed E-state index contributed by atoms with van der Waals surface area (Å²) in [4.78, 5) is 11.7. The van der Waals surface area contributed by atoms with Crippen LogP contribution >= 0.6 is 11.6 Å². The van der Waals surface area contributed by atoms with Gasteiger partial charge in [-0.15, -0.1) is 0 Å². The van der Waals surface area contributed by atoms with Crippen LogP contribution in [0.4, 0.5) is 0 Å². The van der Waals surface area contributed by atoms with Crippen molar-refractivity contribution in [2.75, 3.05) is 6.54 Å². The SMILES string of the molecule is CC(C)(C)CCNC(=O)c1ccc(O)c(Cl)c1. The first-order valence-corrected chi connectivity index (χ1v) is 5.94. The molecule has 17 heavy (non-hydrogen) atoms. The molecule has 1 aromatic carbocycles. The maximum absolute atomic E-state index is 11.7. The molecule has 0 aromatic heterocycles. The van der Waals surface area contributed by atoms with E-state index < -0.39 is 0 Å². The summed E-state index contributed by atoms with van der Waals surface area (Å²) in [6.45, 7) is 6.99. The van der Waals surface area contributed by atoms with Crippen molar-refractivity contribution in [3.8, 4) is 5.75 Å². The van der Waals surface area contributed by atoms with Gasteiger partial charge in [0.05, 0.1) is 5.02 Å². The van der Waals surface area contributed by atoms with Gasteiger partial charge in [0.15, 0.2) is 0 Å². The summed E-state index contributed by atoms with van der Waals surface area (Å²) in [6, 6.07) is 4.43. The number of aromatic hydroxyl groups is 1. The Kier molecular flexibility index (Phi) is 4.40. The molecule has 0 aliphatic heterocycles. The molecule has 0 aliphatic rings. The van der Waals surface area contributed by atoms with Crippen molar-refractivity contribution in [2.24, 2.45) is 5.41 Å².